The molecule has 1 fully saturated rings. The third kappa shape index (κ3) is 4.19. The van der Waals surface area contributed by atoms with Gasteiger partial charge in [-0.05, 0) is 46.0 Å². The fourth-order valence-electron chi connectivity index (χ4n) is 2.22. The second-order valence-electron chi connectivity index (χ2n) is 5.82. The number of aliphatic hydroxyl groups is 1. The third-order valence-electron chi connectivity index (χ3n) is 3.16. The van der Waals surface area contributed by atoms with Crippen LogP contribution in [-0.4, -0.2) is 40.9 Å². The number of hydrogen-bond donors (Lipinski definition) is 1. The summed E-state index contributed by atoms with van der Waals surface area (Å²) in [7, 11) is 0. The van der Waals surface area contributed by atoms with Gasteiger partial charge in [-0.2, -0.15) is 0 Å². The van der Waals surface area contributed by atoms with Crippen molar-refractivity contribution in [1.29, 1.82) is 0 Å². The number of aliphatic hydroxyl groups excluding tert-OH is 1. The number of amides is 1. The molecular weight excluding hydrogens is 218 g/mol. The maximum atomic E-state index is 12.1. The second kappa shape index (κ2) is 5.71. The minimum atomic E-state index is -0.457. The Morgan fingerprint density at radius 3 is 2.53 bits per heavy atom. The molecule has 1 N–H and O–H groups in total. The Kier molecular flexibility index (Phi) is 4.80. The standard InChI is InChI=1S/C13H25NO3/c1-5-11-7-6-10(9-15)8-14(11)12(16)17-13(2,3)4/h10-11,15H,5-9H2,1-4H3. The van der Waals surface area contributed by atoms with Gasteiger partial charge in [-0.3, -0.25) is 0 Å². The summed E-state index contributed by atoms with van der Waals surface area (Å²) in [5.41, 5.74) is -0.457. The smallest absolute Gasteiger partial charge is 0.410 e. The average Bonchev–Trinajstić information content (AvgIpc) is 2.25. The number of hydrogen-bond acceptors (Lipinski definition) is 3. The molecule has 1 heterocycles. The van der Waals surface area contributed by atoms with Crippen molar-refractivity contribution in [3.05, 3.63) is 0 Å². The highest BCUT2D eigenvalue weighted by Crippen LogP contribution is 2.25. The van der Waals surface area contributed by atoms with Crippen LogP contribution in [0.3, 0.4) is 0 Å². The minimum Gasteiger partial charge on any atom is -0.444 e. The topological polar surface area (TPSA) is 49.8 Å². The molecule has 100 valence electrons. The van der Waals surface area contributed by atoms with E-state index in [4.69, 9.17) is 4.74 Å². The van der Waals surface area contributed by atoms with E-state index in [2.05, 4.69) is 6.92 Å². The van der Waals surface area contributed by atoms with E-state index >= 15 is 0 Å². The van der Waals surface area contributed by atoms with Crippen molar-refractivity contribution in [2.75, 3.05) is 13.2 Å². The molecule has 0 aromatic rings. The van der Waals surface area contributed by atoms with E-state index in [1.807, 2.05) is 20.8 Å². The first-order valence-corrected chi connectivity index (χ1v) is 6.47. The van der Waals surface area contributed by atoms with Crippen molar-refractivity contribution in [2.24, 2.45) is 5.92 Å². The zero-order chi connectivity index (χ0) is 13.1. The summed E-state index contributed by atoms with van der Waals surface area (Å²) in [5, 5.41) is 9.20. The first kappa shape index (κ1) is 14.3. The van der Waals surface area contributed by atoms with E-state index in [0.29, 0.717) is 6.54 Å². The van der Waals surface area contributed by atoms with Crippen LogP contribution < -0.4 is 0 Å². The van der Waals surface area contributed by atoms with Crippen LogP contribution in [0.5, 0.6) is 0 Å². The molecule has 0 aromatic carbocycles. The number of nitrogens with zero attached hydrogens (tertiary/aromatic N) is 1. The van der Waals surface area contributed by atoms with Crippen molar-refractivity contribution in [3.63, 3.8) is 0 Å². The van der Waals surface area contributed by atoms with Crippen LogP contribution in [0.4, 0.5) is 4.79 Å². The van der Waals surface area contributed by atoms with E-state index in [0.717, 1.165) is 19.3 Å². The summed E-state index contributed by atoms with van der Waals surface area (Å²) in [4.78, 5) is 13.9. The minimum absolute atomic E-state index is 0.149. The molecule has 17 heavy (non-hydrogen) atoms. The van der Waals surface area contributed by atoms with Gasteiger partial charge in [0.1, 0.15) is 5.60 Å². The number of carbonyl (C=O) groups excluding carboxylic acids is 1. The van der Waals surface area contributed by atoms with Crippen LogP contribution in [0.2, 0.25) is 0 Å². The molecule has 0 aromatic heterocycles. The molecule has 0 saturated carbocycles. The van der Waals surface area contributed by atoms with Crippen molar-refractivity contribution < 1.29 is 14.6 Å². The van der Waals surface area contributed by atoms with Crippen molar-refractivity contribution in [3.8, 4) is 0 Å². The van der Waals surface area contributed by atoms with Gasteiger partial charge in [0.2, 0.25) is 0 Å². The number of carbonyl (C=O) groups is 1. The summed E-state index contributed by atoms with van der Waals surface area (Å²) < 4.78 is 5.41. The monoisotopic (exact) mass is 243 g/mol. The van der Waals surface area contributed by atoms with E-state index in [9.17, 15) is 9.90 Å². The predicted octanol–water partition coefficient (Wildman–Crippen LogP) is 2.40. The summed E-state index contributed by atoms with van der Waals surface area (Å²) in [6.07, 6.45) is 2.65. The van der Waals surface area contributed by atoms with E-state index in [-0.39, 0.29) is 24.7 Å². The van der Waals surface area contributed by atoms with Gasteiger partial charge in [0.25, 0.3) is 0 Å². The molecule has 2 unspecified atom stereocenters. The highest BCUT2D eigenvalue weighted by Gasteiger charge is 2.32. The van der Waals surface area contributed by atoms with Gasteiger partial charge in [-0.15, -0.1) is 0 Å². The van der Waals surface area contributed by atoms with Gasteiger partial charge in [-0.1, -0.05) is 6.92 Å². The molecule has 4 heteroatoms. The van der Waals surface area contributed by atoms with Crippen LogP contribution in [0, 0.1) is 5.92 Å². The molecule has 0 spiro atoms. The third-order valence-corrected chi connectivity index (χ3v) is 3.16. The Labute approximate surface area is 104 Å². The Morgan fingerprint density at radius 2 is 2.06 bits per heavy atom. The van der Waals surface area contributed by atoms with Gasteiger partial charge < -0.3 is 14.7 Å². The van der Waals surface area contributed by atoms with Crippen molar-refractivity contribution >= 4 is 6.09 Å². The number of rotatable bonds is 2. The quantitative estimate of drug-likeness (QED) is 0.810. The summed E-state index contributed by atoms with van der Waals surface area (Å²) >= 11 is 0. The Morgan fingerprint density at radius 1 is 1.41 bits per heavy atom. The molecule has 1 aliphatic heterocycles. The van der Waals surface area contributed by atoms with Gasteiger partial charge in [-0.25, -0.2) is 4.79 Å². The normalized spacial score (nSPS) is 25.8. The van der Waals surface area contributed by atoms with Crippen LogP contribution in [0.1, 0.15) is 47.0 Å². The van der Waals surface area contributed by atoms with Crippen LogP contribution in [0.15, 0.2) is 0 Å². The predicted molar refractivity (Wildman–Crippen MR) is 66.8 cm³/mol. The number of likely N-dealkylation sites (tertiary alicyclic amines) is 1. The maximum absolute atomic E-state index is 12.1. The van der Waals surface area contributed by atoms with Crippen molar-refractivity contribution in [2.45, 2.75) is 58.6 Å². The van der Waals surface area contributed by atoms with Gasteiger partial charge in [0, 0.05) is 19.2 Å². The van der Waals surface area contributed by atoms with Gasteiger partial charge >= 0.3 is 6.09 Å². The fourth-order valence-corrected chi connectivity index (χ4v) is 2.22. The SMILES string of the molecule is CCC1CCC(CO)CN1C(=O)OC(C)(C)C. The first-order valence-electron chi connectivity index (χ1n) is 6.47. The van der Waals surface area contributed by atoms with E-state index in [1.165, 1.54) is 0 Å². The fraction of sp³-hybridized carbons (Fsp3) is 0.923. The molecule has 2 atom stereocenters. The number of piperidine rings is 1. The van der Waals surface area contributed by atoms with Gasteiger partial charge in [0.15, 0.2) is 0 Å². The zero-order valence-electron chi connectivity index (χ0n) is 11.4. The lowest BCUT2D eigenvalue weighted by molar-refractivity contribution is -0.00205. The van der Waals surface area contributed by atoms with Crippen LogP contribution >= 0.6 is 0 Å². The maximum Gasteiger partial charge on any atom is 0.410 e. The van der Waals surface area contributed by atoms with Crippen LogP contribution in [0.25, 0.3) is 0 Å². The molecule has 0 bridgehead atoms. The number of ether oxygens (including phenoxy) is 1. The van der Waals surface area contributed by atoms with Crippen LogP contribution in [-0.2, 0) is 4.74 Å². The highest BCUT2D eigenvalue weighted by molar-refractivity contribution is 5.68. The molecule has 0 radical (unpaired) electrons. The lowest BCUT2D eigenvalue weighted by atomic mass is 9.92. The zero-order valence-corrected chi connectivity index (χ0v) is 11.4. The lowest BCUT2D eigenvalue weighted by Crippen LogP contribution is -2.49. The highest BCUT2D eigenvalue weighted by atomic mass is 16.6. The van der Waals surface area contributed by atoms with Gasteiger partial charge in [0.05, 0.1) is 0 Å². The first-order chi connectivity index (χ1) is 7.87. The summed E-state index contributed by atoms with van der Waals surface area (Å²) in [6.45, 7) is 8.47. The molecule has 1 rings (SSSR count). The summed E-state index contributed by atoms with van der Waals surface area (Å²) in [5.74, 6) is 0.199. The largest absolute Gasteiger partial charge is 0.444 e. The average molecular weight is 243 g/mol. The molecule has 1 saturated heterocycles. The van der Waals surface area contributed by atoms with E-state index in [1.54, 1.807) is 4.90 Å². The molecular formula is C13H25NO3. The molecule has 0 aliphatic carbocycles. The van der Waals surface area contributed by atoms with Crippen molar-refractivity contribution in [1.82, 2.24) is 4.90 Å². The Hall–Kier alpha value is -0.770. The Bertz CT molecular complexity index is 260. The molecule has 4 nitrogen and oxygen atoms in total. The van der Waals surface area contributed by atoms with E-state index < -0.39 is 5.60 Å². The molecule has 1 amide bonds. The summed E-state index contributed by atoms with van der Waals surface area (Å²) in [6, 6.07) is 0.257. The molecule has 1 aliphatic rings. The second-order valence-corrected chi connectivity index (χ2v) is 5.82. The Balaban J connectivity index is 2.66. The lowest BCUT2D eigenvalue weighted by Gasteiger charge is -2.39.